The van der Waals surface area contributed by atoms with Gasteiger partial charge in [-0.25, -0.2) is 9.78 Å². The zero-order valence-corrected chi connectivity index (χ0v) is 8.41. The minimum absolute atomic E-state index is 0.172. The fraction of sp³-hybridized carbons (Fsp3) is 1.00. The minimum Gasteiger partial charge on any atom is -0.394 e. The number of rotatable bonds is 7. The highest BCUT2D eigenvalue weighted by molar-refractivity contribution is 4.48. The van der Waals surface area contributed by atoms with Gasteiger partial charge in [0, 0.05) is 0 Å². The summed E-state index contributed by atoms with van der Waals surface area (Å²) in [6.07, 6.45) is -1.98. The smallest absolute Gasteiger partial charge is 0.110 e. The maximum absolute atomic E-state index is 8.71. The summed E-state index contributed by atoms with van der Waals surface area (Å²) in [4.78, 5) is 8.76. The normalized spacial score (nSPS) is 17.6. The fourth-order valence-corrected chi connectivity index (χ4v) is 0.359. The molecule has 1 fully saturated rings. The Hall–Kier alpha value is -0.280. The van der Waals surface area contributed by atoms with Crippen LogP contribution in [0.15, 0.2) is 0 Å². The van der Waals surface area contributed by atoms with Gasteiger partial charge in [0.05, 0.1) is 26.4 Å². The van der Waals surface area contributed by atoms with Gasteiger partial charge in [-0.2, -0.15) is 0 Å². The lowest BCUT2D eigenvalue weighted by Crippen LogP contribution is -2.23. The van der Waals surface area contributed by atoms with Crippen molar-refractivity contribution in [3.63, 3.8) is 0 Å². The number of epoxide rings is 1. The molecule has 0 aliphatic carbocycles. The van der Waals surface area contributed by atoms with Crippen molar-refractivity contribution in [2.75, 3.05) is 39.6 Å². The number of hydrogen-bond donors (Lipinski definition) is 4. The molecule has 1 aliphatic heterocycles. The topological polar surface area (TPSA) is 112 Å². The molecule has 0 aromatic rings. The maximum Gasteiger partial charge on any atom is 0.110 e. The molecule has 1 heterocycles. The van der Waals surface area contributed by atoms with Crippen LogP contribution in [-0.4, -0.2) is 72.3 Å². The van der Waals surface area contributed by atoms with Crippen LogP contribution in [0.25, 0.3) is 0 Å². The molecule has 4 N–H and O–H groups in total. The summed E-state index contributed by atoms with van der Waals surface area (Å²) >= 11 is 0. The van der Waals surface area contributed by atoms with Crippen LogP contribution in [0.2, 0.25) is 0 Å². The highest BCUT2D eigenvalue weighted by Gasteiger charge is 2.04. The second-order valence-corrected chi connectivity index (χ2v) is 2.85. The van der Waals surface area contributed by atoms with E-state index in [1.807, 2.05) is 0 Å². The molecular weight excluding hydrogens is 208 g/mol. The Labute approximate surface area is 87.7 Å². The van der Waals surface area contributed by atoms with Crippen LogP contribution < -0.4 is 0 Å². The van der Waals surface area contributed by atoms with Crippen molar-refractivity contribution in [1.82, 2.24) is 0 Å². The number of aliphatic hydroxyl groups excluding tert-OH is 4. The van der Waals surface area contributed by atoms with E-state index >= 15 is 0 Å². The molecule has 0 aromatic carbocycles. The Balaban J connectivity index is 0.000000548. The third-order valence-electron chi connectivity index (χ3n) is 1.23. The van der Waals surface area contributed by atoms with Gasteiger partial charge in [0.15, 0.2) is 0 Å². The predicted octanol–water partition coefficient (Wildman–Crippen LogP) is -2.34. The zero-order chi connectivity index (χ0) is 11.5. The van der Waals surface area contributed by atoms with Gasteiger partial charge in [-0.15, -0.1) is 0 Å². The number of aliphatic hydroxyl groups is 4. The summed E-state index contributed by atoms with van der Waals surface area (Å²) in [6, 6.07) is 0. The number of hydrogen-bond acceptors (Lipinski definition) is 7. The first-order valence-corrected chi connectivity index (χ1v) is 4.60. The van der Waals surface area contributed by atoms with E-state index in [-0.39, 0.29) is 13.2 Å². The average molecular weight is 226 g/mol. The van der Waals surface area contributed by atoms with Crippen molar-refractivity contribution in [3.05, 3.63) is 0 Å². The van der Waals surface area contributed by atoms with Gasteiger partial charge in [-0.05, 0) is 0 Å². The van der Waals surface area contributed by atoms with E-state index in [0.29, 0.717) is 0 Å². The Kier molecular flexibility index (Phi) is 10.1. The van der Waals surface area contributed by atoms with Crippen LogP contribution in [0.5, 0.6) is 0 Å². The van der Waals surface area contributed by atoms with Gasteiger partial charge >= 0.3 is 0 Å². The summed E-state index contributed by atoms with van der Waals surface area (Å²) in [5.41, 5.74) is 0. The Morgan fingerprint density at radius 3 is 1.47 bits per heavy atom. The molecular formula is C8H18O7. The lowest BCUT2D eigenvalue weighted by molar-refractivity contribution is -0.316. The third-order valence-corrected chi connectivity index (χ3v) is 1.23. The van der Waals surface area contributed by atoms with Crippen molar-refractivity contribution >= 4 is 0 Å². The van der Waals surface area contributed by atoms with E-state index in [9.17, 15) is 0 Å². The van der Waals surface area contributed by atoms with Gasteiger partial charge in [0.25, 0.3) is 0 Å². The Morgan fingerprint density at radius 2 is 1.27 bits per heavy atom. The summed E-state index contributed by atoms with van der Waals surface area (Å²) in [5.74, 6) is 0. The van der Waals surface area contributed by atoms with Crippen LogP contribution in [0.3, 0.4) is 0 Å². The SMILES string of the molecule is C1CO1.OCC(O)COOCC(O)CO. The molecule has 0 radical (unpaired) electrons. The number of ether oxygens (including phenoxy) is 1. The van der Waals surface area contributed by atoms with Crippen LogP contribution in [0, 0.1) is 0 Å². The standard InChI is InChI=1S/C6H14O6.C2H4O/c7-1-5(9)3-11-12-4-6(10)2-8;1-2-3-1/h5-10H,1-4H2;1-2H2. The van der Waals surface area contributed by atoms with Gasteiger partial charge < -0.3 is 25.2 Å². The van der Waals surface area contributed by atoms with E-state index in [0.717, 1.165) is 13.2 Å². The van der Waals surface area contributed by atoms with E-state index < -0.39 is 25.4 Å². The third kappa shape index (κ3) is 13.7. The Bertz CT molecular complexity index is 115. The average Bonchev–Trinajstić information content (AvgIpc) is 3.10. The van der Waals surface area contributed by atoms with Crippen molar-refractivity contribution in [3.8, 4) is 0 Å². The molecule has 0 saturated carbocycles. The first-order valence-electron chi connectivity index (χ1n) is 4.60. The van der Waals surface area contributed by atoms with E-state index in [1.54, 1.807) is 0 Å². The van der Waals surface area contributed by atoms with Crippen molar-refractivity contribution in [2.24, 2.45) is 0 Å². The molecule has 2 unspecified atom stereocenters. The van der Waals surface area contributed by atoms with Crippen molar-refractivity contribution in [2.45, 2.75) is 12.2 Å². The molecule has 7 nitrogen and oxygen atoms in total. The molecule has 1 rings (SSSR count). The molecule has 15 heavy (non-hydrogen) atoms. The van der Waals surface area contributed by atoms with Crippen molar-refractivity contribution < 1.29 is 34.9 Å². The van der Waals surface area contributed by atoms with Crippen LogP contribution in [-0.2, 0) is 14.5 Å². The molecule has 1 saturated heterocycles. The van der Waals surface area contributed by atoms with E-state index in [1.165, 1.54) is 0 Å². The molecule has 0 spiro atoms. The first-order chi connectivity index (χ1) is 7.20. The highest BCUT2D eigenvalue weighted by Crippen LogP contribution is 1.88. The summed E-state index contributed by atoms with van der Waals surface area (Å²) < 4.78 is 4.50. The van der Waals surface area contributed by atoms with Crippen LogP contribution >= 0.6 is 0 Å². The molecule has 92 valence electrons. The summed E-state index contributed by atoms with van der Waals surface area (Å²) in [7, 11) is 0. The molecule has 1 aliphatic rings. The van der Waals surface area contributed by atoms with Gasteiger partial charge in [-0.1, -0.05) is 0 Å². The fourth-order valence-electron chi connectivity index (χ4n) is 0.359. The predicted molar refractivity (Wildman–Crippen MR) is 48.9 cm³/mol. The Morgan fingerprint density at radius 1 is 0.933 bits per heavy atom. The summed E-state index contributed by atoms with van der Waals surface area (Å²) in [5, 5.41) is 34.1. The molecule has 0 aromatic heterocycles. The van der Waals surface area contributed by atoms with E-state index in [4.69, 9.17) is 20.4 Å². The second kappa shape index (κ2) is 10.2. The molecule has 0 bridgehead atoms. The van der Waals surface area contributed by atoms with Gasteiger partial charge in [0.1, 0.15) is 25.4 Å². The monoisotopic (exact) mass is 226 g/mol. The van der Waals surface area contributed by atoms with Gasteiger partial charge in [0.2, 0.25) is 0 Å². The van der Waals surface area contributed by atoms with E-state index in [2.05, 4.69) is 14.5 Å². The zero-order valence-electron chi connectivity index (χ0n) is 8.41. The highest BCUT2D eigenvalue weighted by atomic mass is 17.2. The minimum atomic E-state index is -0.990. The first kappa shape index (κ1) is 14.7. The quantitative estimate of drug-likeness (QED) is 0.166. The molecule has 7 heteroatoms. The molecule has 2 atom stereocenters. The second-order valence-electron chi connectivity index (χ2n) is 2.85. The van der Waals surface area contributed by atoms with Crippen LogP contribution in [0.1, 0.15) is 0 Å². The van der Waals surface area contributed by atoms with Crippen molar-refractivity contribution in [1.29, 1.82) is 0 Å². The molecule has 0 amide bonds. The lowest BCUT2D eigenvalue weighted by atomic mass is 10.4. The van der Waals surface area contributed by atoms with Crippen LogP contribution in [0.4, 0.5) is 0 Å². The summed E-state index contributed by atoms with van der Waals surface area (Å²) in [6.45, 7) is 0.834. The lowest BCUT2D eigenvalue weighted by Gasteiger charge is -2.09. The maximum atomic E-state index is 8.71. The largest absolute Gasteiger partial charge is 0.394 e. The van der Waals surface area contributed by atoms with Gasteiger partial charge in [-0.3, -0.25) is 0 Å².